The van der Waals surface area contributed by atoms with Gasteiger partial charge in [0.25, 0.3) is 0 Å². The molecule has 1 aliphatic heterocycles. The lowest BCUT2D eigenvalue weighted by Gasteiger charge is -2.34. The average Bonchev–Trinajstić information content (AvgIpc) is 2.71. The van der Waals surface area contributed by atoms with Gasteiger partial charge in [0.2, 0.25) is 0 Å². The van der Waals surface area contributed by atoms with Crippen LogP contribution in [0.1, 0.15) is 44.4 Å². The van der Waals surface area contributed by atoms with E-state index < -0.39 is 0 Å². The van der Waals surface area contributed by atoms with Gasteiger partial charge in [-0.05, 0) is 37.5 Å². The Bertz CT molecular complexity index is 427. The van der Waals surface area contributed by atoms with Crippen molar-refractivity contribution in [2.45, 2.75) is 52.0 Å². The van der Waals surface area contributed by atoms with Crippen LogP contribution in [-0.4, -0.2) is 29.3 Å². The third kappa shape index (κ3) is 2.14. The normalized spacial score (nSPS) is 24.1. The summed E-state index contributed by atoms with van der Waals surface area (Å²) in [7, 11) is 0. The third-order valence-electron chi connectivity index (χ3n) is 4.48. The molecule has 0 radical (unpaired) electrons. The predicted molar refractivity (Wildman–Crippen MR) is 73.8 cm³/mol. The standard InChI is InChI=1S/C14H24N4/c1-14(2)6-3-12-11(9-14)13(17-16-12)18-7-4-10(15)5-8-18/h10H,3-9,15H2,1-2H3,(H,16,17). The van der Waals surface area contributed by atoms with Crippen molar-refractivity contribution in [3.63, 3.8) is 0 Å². The number of rotatable bonds is 1. The molecule has 0 amide bonds. The largest absolute Gasteiger partial charge is 0.355 e. The van der Waals surface area contributed by atoms with Crippen LogP contribution in [0.15, 0.2) is 0 Å². The number of nitrogens with two attached hydrogens (primary N) is 1. The van der Waals surface area contributed by atoms with Gasteiger partial charge in [-0.3, -0.25) is 5.10 Å². The topological polar surface area (TPSA) is 57.9 Å². The Balaban J connectivity index is 1.84. The second-order valence-corrected chi connectivity index (χ2v) is 6.67. The van der Waals surface area contributed by atoms with Crippen molar-refractivity contribution in [1.82, 2.24) is 10.2 Å². The number of piperidine rings is 1. The summed E-state index contributed by atoms with van der Waals surface area (Å²) in [4.78, 5) is 2.42. The minimum atomic E-state index is 0.382. The summed E-state index contributed by atoms with van der Waals surface area (Å²) in [6, 6.07) is 0.382. The molecule has 4 nitrogen and oxygen atoms in total. The molecule has 3 N–H and O–H groups in total. The predicted octanol–water partition coefficient (Wildman–Crippen LogP) is 1.85. The molecule has 0 atom stereocenters. The molecule has 0 aromatic carbocycles. The first-order chi connectivity index (χ1) is 8.55. The van der Waals surface area contributed by atoms with E-state index in [0.29, 0.717) is 11.5 Å². The summed E-state index contributed by atoms with van der Waals surface area (Å²) in [5.41, 5.74) is 9.21. The molecular formula is C14H24N4. The van der Waals surface area contributed by atoms with Crippen molar-refractivity contribution in [2.75, 3.05) is 18.0 Å². The zero-order chi connectivity index (χ0) is 12.8. The fourth-order valence-electron chi connectivity index (χ4n) is 3.19. The first-order valence-corrected chi connectivity index (χ1v) is 7.12. The molecular weight excluding hydrogens is 224 g/mol. The molecule has 1 saturated heterocycles. The Kier molecular flexibility index (Phi) is 2.85. The van der Waals surface area contributed by atoms with E-state index in [0.717, 1.165) is 38.8 Å². The first kappa shape index (κ1) is 12.0. The van der Waals surface area contributed by atoms with Gasteiger partial charge in [0.1, 0.15) is 0 Å². The van der Waals surface area contributed by atoms with Gasteiger partial charge < -0.3 is 10.6 Å². The summed E-state index contributed by atoms with van der Waals surface area (Å²) in [6.07, 6.45) is 5.72. The molecule has 3 rings (SSSR count). The van der Waals surface area contributed by atoms with E-state index in [9.17, 15) is 0 Å². The number of H-pyrrole nitrogens is 1. The van der Waals surface area contributed by atoms with E-state index in [1.807, 2.05) is 0 Å². The lowest BCUT2D eigenvalue weighted by molar-refractivity contribution is 0.314. The molecule has 0 spiro atoms. The fourth-order valence-corrected chi connectivity index (χ4v) is 3.19. The summed E-state index contributed by atoms with van der Waals surface area (Å²) < 4.78 is 0. The van der Waals surface area contributed by atoms with Gasteiger partial charge in [-0.1, -0.05) is 13.8 Å². The van der Waals surface area contributed by atoms with Gasteiger partial charge in [-0.15, -0.1) is 0 Å². The van der Waals surface area contributed by atoms with Gasteiger partial charge >= 0.3 is 0 Å². The zero-order valence-corrected chi connectivity index (χ0v) is 11.5. The third-order valence-corrected chi connectivity index (χ3v) is 4.48. The number of aromatic amines is 1. The van der Waals surface area contributed by atoms with Crippen LogP contribution in [0.25, 0.3) is 0 Å². The summed E-state index contributed by atoms with van der Waals surface area (Å²) in [5.74, 6) is 1.20. The van der Waals surface area contributed by atoms with Crippen LogP contribution in [-0.2, 0) is 12.8 Å². The van der Waals surface area contributed by atoms with Crippen molar-refractivity contribution in [2.24, 2.45) is 11.1 Å². The Morgan fingerprint density at radius 1 is 1.33 bits per heavy atom. The summed E-state index contributed by atoms with van der Waals surface area (Å²) >= 11 is 0. The van der Waals surface area contributed by atoms with E-state index in [4.69, 9.17) is 5.73 Å². The van der Waals surface area contributed by atoms with Gasteiger partial charge in [-0.2, -0.15) is 5.10 Å². The average molecular weight is 248 g/mol. The highest BCUT2D eigenvalue weighted by atomic mass is 15.3. The molecule has 2 aliphatic rings. The van der Waals surface area contributed by atoms with Crippen molar-refractivity contribution in [1.29, 1.82) is 0 Å². The first-order valence-electron chi connectivity index (χ1n) is 7.12. The Morgan fingerprint density at radius 3 is 2.78 bits per heavy atom. The van der Waals surface area contributed by atoms with E-state index in [-0.39, 0.29) is 0 Å². The molecule has 0 bridgehead atoms. The maximum atomic E-state index is 5.98. The fraction of sp³-hybridized carbons (Fsp3) is 0.786. The van der Waals surface area contributed by atoms with Crippen LogP contribution in [0.2, 0.25) is 0 Å². The summed E-state index contributed by atoms with van der Waals surface area (Å²) in [5, 5.41) is 7.82. The van der Waals surface area contributed by atoms with Gasteiger partial charge in [0, 0.05) is 30.4 Å². The number of nitrogens with zero attached hydrogens (tertiary/aromatic N) is 2. The van der Waals surface area contributed by atoms with Crippen molar-refractivity contribution < 1.29 is 0 Å². The number of aromatic nitrogens is 2. The highest BCUT2D eigenvalue weighted by molar-refractivity contribution is 5.51. The monoisotopic (exact) mass is 248 g/mol. The molecule has 18 heavy (non-hydrogen) atoms. The minimum Gasteiger partial charge on any atom is -0.355 e. The second kappa shape index (κ2) is 4.26. The molecule has 100 valence electrons. The lowest BCUT2D eigenvalue weighted by atomic mass is 9.76. The molecule has 0 unspecified atom stereocenters. The smallest absolute Gasteiger partial charge is 0.153 e. The van der Waals surface area contributed by atoms with Crippen LogP contribution in [0.4, 0.5) is 5.82 Å². The maximum absolute atomic E-state index is 5.98. The van der Waals surface area contributed by atoms with Crippen molar-refractivity contribution >= 4 is 5.82 Å². The van der Waals surface area contributed by atoms with Crippen LogP contribution >= 0.6 is 0 Å². The van der Waals surface area contributed by atoms with Crippen molar-refractivity contribution in [3.8, 4) is 0 Å². The molecule has 1 aromatic rings. The maximum Gasteiger partial charge on any atom is 0.153 e. The van der Waals surface area contributed by atoms with Gasteiger partial charge in [0.05, 0.1) is 0 Å². The summed E-state index contributed by atoms with van der Waals surface area (Å²) in [6.45, 7) is 6.83. The Labute approximate surface area is 109 Å². The Hall–Kier alpha value is -1.03. The molecule has 4 heteroatoms. The number of aryl methyl sites for hydroxylation is 1. The minimum absolute atomic E-state index is 0.382. The highest BCUT2D eigenvalue weighted by Gasteiger charge is 2.31. The van der Waals surface area contributed by atoms with E-state index in [1.54, 1.807) is 0 Å². The second-order valence-electron chi connectivity index (χ2n) is 6.67. The number of nitrogens with one attached hydrogen (secondary N) is 1. The molecule has 2 heterocycles. The number of hydrogen-bond donors (Lipinski definition) is 2. The van der Waals surface area contributed by atoms with E-state index in [1.165, 1.54) is 23.5 Å². The highest BCUT2D eigenvalue weighted by Crippen LogP contribution is 2.38. The van der Waals surface area contributed by atoms with Crippen molar-refractivity contribution in [3.05, 3.63) is 11.3 Å². The molecule has 0 saturated carbocycles. The molecule has 1 fully saturated rings. The lowest BCUT2D eigenvalue weighted by Crippen LogP contribution is -2.40. The van der Waals surface area contributed by atoms with Crippen LogP contribution in [0, 0.1) is 5.41 Å². The quantitative estimate of drug-likeness (QED) is 0.797. The van der Waals surface area contributed by atoms with Gasteiger partial charge in [-0.25, -0.2) is 0 Å². The van der Waals surface area contributed by atoms with Crippen LogP contribution in [0.3, 0.4) is 0 Å². The zero-order valence-electron chi connectivity index (χ0n) is 11.5. The number of fused-ring (bicyclic) bond motifs is 1. The number of hydrogen-bond acceptors (Lipinski definition) is 3. The van der Waals surface area contributed by atoms with Gasteiger partial charge in [0.15, 0.2) is 5.82 Å². The van der Waals surface area contributed by atoms with Crippen LogP contribution in [0.5, 0.6) is 0 Å². The molecule has 1 aromatic heterocycles. The Morgan fingerprint density at radius 2 is 2.06 bits per heavy atom. The van der Waals surface area contributed by atoms with E-state index >= 15 is 0 Å². The number of anilines is 1. The van der Waals surface area contributed by atoms with E-state index in [2.05, 4.69) is 28.9 Å². The molecule has 1 aliphatic carbocycles. The SMILES string of the molecule is CC1(C)CCc2[nH]nc(N3CCC(N)CC3)c2C1. The van der Waals surface area contributed by atoms with Crippen LogP contribution < -0.4 is 10.6 Å².